The molecule has 0 bridgehead atoms. The summed E-state index contributed by atoms with van der Waals surface area (Å²) in [6, 6.07) is 0. The van der Waals surface area contributed by atoms with Gasteiger partial charge in [0.1, 0.15) is 22.8 Å². The van der Waals surface area contributed by atoms with Gasteiger partial charge in [-0.3, -0.25) is 0 Å². The fraction of sp³-hybridized carbons (Fsp3) is 0.545. The third kappa shape index (κ3) is 5.60. The minimum atomic E-state index is -0.512. The molecule has 0 spiro atoms. The van der Waals surface area contributed by atoms with Crippen LogP contribution >= 0.6 is 11.6 Å². The molecule has 1 heterocycles. The largest absolute Gasteiger partial charge is 0.444 e. The molecule has 106 valence electrons. The van der Waals surface area contributed by atoms with E-state index in [4.69, 9.17) is 22.1 Å². The number of nitrogens with zero attached hydrogens (tertiary/aromatic N) is 2. The van der Waals surface area contributed by atoms with E-state index in [9.17, 15) is 4.79 Å². The van der Waals surface area contributed by atoms with E-state index in [1.54, 1.807) is 20.8 Å². The summed E-state index contributed by atoms with van der Waals surface area (Å²) < 4.78 is 5.08. The van der Waals surface area contributed by atoms with Crippen molar-refractivity contribution in [2.45, 2.75) is 26.4 Å². The number of carbonyl (C=O) groups is 1. The van der Waals surface area contributed by atoms with E-state index in [1.807, 2.05) is 0 Å². The SMILES string of the molecule is CC(C)(C)OC(=O)NCCNc1ncnc(N)c1Cl. The van der Waals surface area contributed by atoms with Gasteiger partial charge in [0.05, 0.1) is 0 Å². The predicted molar refractivity (Wildman–Crippen MR) is 74.2 cm³/mol. The van der Waals surface area contributed by atoms with Gasteiger partial charge in [0.15, 0.2) is 5.82 Å². The number of rotatable bonds is 4. The summed E-state index contributed by atoms with van der Waals surface area (Å²) in [6.45, 7) is 6.21. The molecule has 1 aromatic heterocycles. The van der Waals surface area contributed by atoms with E-state index in [1.165, 1.54) is 6.33 Å². The van der Waals surface area contributed by atoms with Crippen LogP contribution in [-0.2, 0) is 4.74 Å². The number of anilines is 2. The lowest BCUT2D eigenvalue weighted by molar-refractivity contribution is 0.0530. The van der Waals surface area contributed by atoms with E-state index < -0.39 is 11.7 Å². The number of halogens is 1. The van der Waals surface area contributed by atoms with Crippen molar-refractivity contribution in [3.63, 3.8) is 0 Å². The molecule has 0 radical (unpaired) electrons. The number of amides is 1. The molecule has 0 aromatic carbocycles. The molecule has 0 aliphatic carbocycles. The van der Waals surface area contributed by atoms with Crippen molar-refractivity contribution in [2.75, 3.05) is 24.1 Å². The molecule has 0 aliphatic heterocycles. The van der Waals surface area contributed by atoms with Crippen molar-refractivity contribution in [3.8, 4) is 0 Å². The van der Waals surface area contributed by atoms with Crippen LogP contribution in [0.15, 0.2) is 6.33 Å². The average Bonchev–Trinajstić information content (AvgIpc) is 2.27. The number of hydrogen-bond acceptors (Lipinski definition) is 6. The van der Waals surface area contributed by atoms with Crippen molar-refractivity contribution < 1.29 is 9.53 Å². The van der Waals surface area contributed by atoms with Crippen LogP contribution in [0.2, 0.25) is 5.02 Å². The topological polar surface area (TPSA) is 102 Å². The molecular weight excluding hydrogens is 270 g/mol. The van der Waals surface area contributed by atoms with Crippen LogP contribution in [0.5, 0.6) is 0 Å². The lowest BCUT2D eigenvalue weighted by Gasteiger charge is -2.19. The highest BCUT2D eigenvalue weighted by Gasteiger charge is 2.15. The minimum Gasteiger partial charge on any atom is -0.444 e. The van der Waals surface area contributed by atoms with Crippen LogP contribution in [0.25, 0.3) is 0 Å². The molecule has 1 amide bonds. The van der Waals surface area contributed by atoms with Gasteiger partial charge in [0.25, 0.3) is 0 Å². The average molecular weight is 288 g/mol. The summed E-state index contributed by atoms with van der Waals surface area (Å²) in [7, 11) is 0. The maximum Gasteiger partial charge on any atom is 0.407 e. The van der Waals surface area contributed by atoms with E-state index in [2.05, 4.69) is 20.6 Å². The normalized spacial score (nSPS) is 10.9. The standard InChI is InChI=1S/C11H18ClN5O2/c1-11(2,3)19-10(18)15-5-4-14-9-7(12)8(13)16-6-17-9/h6H,4-5H2,1-3H3,(H,15,18)(H3,13,14,16,17). The van der Waals surface area contributed by atoms with Gasteiger partial charge in [-0.15, -0.1) is 0 Å². The molecule has 0 atom stereocenters. The molecule has 8 heteroatoms. The van der Waals surface area contributed by atoms with E-state index in [-0.39, 0.29) is 10.8 Å². The maximum atomic E-state index is 11.4. The van der Waals surface area contributed by atoms with Crippen LogP contribution in [0.4, 0.5) is 16.4 Å². The first kappa shape index (κ1) is 15.3. The van der Waals surface area contributed by atoms with Gasteiger partial charge in [0, 0.05) is 13.1 Å². The third-order valence-corrected chi connectivity index (χ3v) is 2.27. The first-order valence-electron chi connectivity index (χ1n) is 5.76. The van der Waals surface area contributed by atoms with Gasteiger partial charge < -0.3 is 21.1 Å². The Morgan fingerprint density at radius 2 is 2.11 bits per heavy atom. The molecule has 0 saturated carbocycles. The van der Waals surface area contributed by atoms with Crippen LogP contribution in [0.1, 0.15) is 20.8 Å². The Morgan fingerprint density at radius 3 is 2.74 bits per heavy atom. The molecule has 0 fully saturated rings. The summed E-state index contributed by atoms with van der Waals surface area (Å²) in [5.74, 6) is 0.638. The summed E-state index contributed by atoms with van der Waals surface area (Å²) in [4.78, 5) is 19.0. The zero-order valence-electron chi connectivity index (χ0n) is 11.2. The van der Waals surface area contributed by atoms with Crippen molar-refractivity contribution >= 4 is 29.3 Å². The van der Waals surface area contributed by atoms with Crippen molar-refractivity contribution in [2.24, 2.45) is 0 Å². The third-order valence-electron chi connectivity index (χ3n) is 1.90. The number of aromatic nitrogens is 2. The summed E-state index contributed by atoms with van der Waals surface area (Å²) in [5.41, 5.74) is 5.02. The zero-order chi connectivity index (χ0) is 14.5. The number of nitrogen functional groups attached to an aromatic ring is 1. The molecule has 0 saturated heterocycles. The molecular formula is C11H18ClN5O2. The van der Waals surface area contributed by atoms with Crippen LogP contribution in [0.3, 0.4) is 0 Å². The first-order valence-corrected chi connectivity index (χ1v) is 6.14. The Balaban J connectivity index is 2.32. The molecule has 1 rings (SSSR count). The monoisotopic (exact) mass is 287 g/mol. The summed E-state index contributed by atoms with van der Waals surface area (Å²) in [6.07, 6.45) is 0.841. The van der Waals surface area contributed by atoms with Crippen LogP contribution in [-0.4, -0.2) is 34.8 Å². The zero-order valence-corrected chi connectivity index (χ0v) is 11.9. The highest BCUT2D eigenvalue weighted by Crippen LogP contribution is 2.22. The number of ether oxygens (including phenoxy) is 1. The van der Waals surface area contributed by atoms with Gasteiger partial charge in [0.2, 0.25) is 0 Å². The predicted octanol–water partition coefficient (Wildman–Crippen LogP) is 1.65. The minimum absolute atomic E-state index is 0.208. The second-order valence-corrected chi connectivity index (χ2v) is 5.15. The van der Waals surface area contributed by atoms with Gasteiger partial charge in [-0.05, 0) is 20.8 Å². The number of nitrogens with two attached hydrogens (primary N) is 1. The van der Waals surface area contributed by atoms with Gasteiger partial charge >= 0.3 is 6.09 Å². The van der Waals surface area contributed by atoms with Gasteiger partial charge in [-0.2, -0.15) is 0 Å². The lowest BCUT2D eigenvalue weighted by Crippen LogP contribution is -2.35. The Kier molecular flexibility index (Phi) is 5.17. The quantitative estimate of drug-likeness (QED) is 0.728. The number of hydrogen-bond donors (Lipinski definition) is 3. The molecule has 1 aromatic rings. The second kappa shape index (κ2) is 6.42. The van der Waals surface area contributed by atoms with Crippen molar-refractivity contribution in [3.05, 3.63) is 11.3 Å². The molecule has 4 N–H and O–H groups in total. The second-order valence-electron chi connectivity index (χ2n) is 4.78. The summed E-state index contributed by atoms with van der Waals surface area (Å²) in [5, 5.41) is 5.80. The Morgan fingerprint density at radius 1 is 1.42 bits per heavy atom. The summed E-state index contributed by atoms with van der Waals surface area (Å²) >= 11 is 5.90. The van der Waals surface area contributed by atoms with E-state index >= 15 is 0 Å². The lowest BCUT2D eigenvalue weighted by atomic mass is 10.2. The molecule has 19 heavy (non-hydrogen) atoms. The van der Waals surface area contributed by atoms with E-state index in [0.29, 0.717) is 18.9 Å². The first-order chi connectivity index (χ1) is 8.79. The van der Waals surface area contributed by atoms with Crippen LogP contribution < -0.4 is 16.4 Å². The Labute approximate surface area is 116 Å². The maximum absolute atomic E-state index is 11.4. The van der Waals surface area contributed by atoms with Crippen molar-refractivity contribution in [1.29, 1.82) is 0 Å². The van der Waals surface area contributed by atoms with Crippen molar-refractivity contribution in [1.82, 2.24) is 15.3 Å². The molecule has 0 unspecified atom stereocenters. The Hall–Kier alpha value is -1.76. The fourth-order valence-electron chi connectivity index (χ4n) is 1.17. The van der Waals surface area contributed by atoms with E-state index in [0.717, 1.165) is 0 Å². The molecule has 7 nitrogen and oxygen atoms in total. The molecule has 0 aliphatic rings. The highest BCUT2D eigenvalue weighted by molar-refractivity contribution is 6.35. The van der Waals surface area contributed by atoms with Gasteiger partial charge in [-0.1, -0.05) is 11.6 Å². The van der Waals surface area contributed by atoms with Gasteiger partial charge in [-0.25, -0.2) is 14.8 Å². The highest BCUT2D eigenvalue weighted by atomic mass is 35.5. The van der Waals surface area contributed by atoms with Crippen LogP contribution in [0, 0.1) is 0 Å². The number of nitrogens with one attached hydrogen (secondary N) is 2. The number of alkyl carbamates (subject to hydrolysis) is 1. The number of carbonyl (C=O) groups excluding carboxylic acids is 1. The Bertz CT molecular complexity index is 447. The fourth-order valence-corrected chi connectivity index (χ4v) is 1.33. The smallest absolute Gasteiger partial charge is 0.407 e.